The summed E-state index contributed by atoms with van der Waals surface area (Å²) in [5.74, 6) is 1.72. The molecule has 236 valence electrons. The van der Waals surface area contributed by atoms with E-state index < -0.39 is 6.09 Å². The molecule has 0 bridgehead atoms. The molecule has 0 saturated carbocycles. The van der Waals surface area contributed by atoms with Gasteiger partial charge in [-0.15, -0.1) is 0 Å². The molecule has 0 radical (unpaired) electrons. The van der Waals surface area contributed by atoms with Gasteiger partial charge in [-0.3, -0.25) is 14.5 Å². The number of nitrogens with zero attached hydrogens (tertiary/aromatic N) is 4. The molecule has 3 aromatic heterocycles. The number of nitrogens with one attached hydrogen (secondary N) is 3. The summed E-state index contributed by atoms with van der Waals surface area (Å²) in [6.45, 7) is 16.4. The quantitative estimate of drug-likeness (QED) is 0.214. The summed E-state index contributed by atoms with van der Waals surface area (Å²) < 4.78 is 7.62. The van der Waals surface area contributed by atoms with Crippen LogP contribution in [0.2, 0.25) is 0 Å². The number of pyridine rings is 3. The Bertz CT molecular complexity index is 1460. The average Bonchev–Trinajstić information content (AvgIpc) is 3.28. The highest BCUT2D eigenvalue weighted by atomic mass is 32.2. The van der Waals surface area contributed by atoms with Gasteiger partial charge in [-0.1, -0.05) is 46.8 Å². The third-order valence-electron chi connectivity index (χ3n) is 7.75. The molecule has 11 heteroatoms. The number of carbonyl (C=O) groups is 2. The van der Waals surface area contributed by atoms with Crippen molar-refractivity contribution >= 4 is 35.6 Å². The highest BCUT2D eigenvalue weighted by Gasteiger charge is 2.39. The van der Waals surface area contributed by atoms with Gasteiger partial charge in [0.15, 0.2) is 0 Å². The molecule has 3 aromatic rings. The van der Waals surface area contributed by atoms with Gasteiger partial charge in [-0.25, -0.2) is 14.8 Å². The van der Waals surface area contributed by atoms with E-state index in [1.54, 1.807) is 6.20 Å². The summed E-state index contributed by atoms with van der Waals surface area (Å²) in [5.41, 5.74) is 3.01. The Kier molecular flexibility index (Phi) is 10.4. The lowest BCUT2D eigenvalue weighted by atomic mass is 9.91. The molecule has 1 saturated heterocycles. The smallest absolute Gasteiger partial charge is 0.407 e. The number of aromatic nitrogens is 3. The SMILES string of the molecule is CCC(Nc1cccc(SNC(=O)c2ccc(C(C)(C)C)nc2N2CC(C)CC2(C)C)n1)c1ccc(CNC(=O)OC)cn1. The minimum atomic E-state index is -0.483. The molecular formula is C33H45N7O3S. The zero-order valence-electron chi connectivity index (χ0n) is 27.0. The van der Waals surface area contributed by atoms with E-state index in [2.05, 4.69) is 78.4 Å². The van der Waals surface area contributed by atoms with Gasteiger partial charge in [0.1, 0.15) is 16.7 Å². The number of rotatable bonds is 10. The Labute approximate surface area is 265 Å². The van der Waals surface area contributed by atoms with Crippen LogP contribution in [0.25, 0.3) is 0 Å². The lowest BCUT2D eigenvalue weighted by Crippen LogP contribution is -2.40. The second-order valence-corrected chi connectivity index (χ2v) is 13.8. The van der Waals surface area contributed by atoms with E-state index in [1.165, 1.54) is 19.1 Å². The van der Waals surface area contributed by atoms with Crippen LogP contribution < -0.4 is 20.3 Å². The van der Waals surface area contributed by atoms with Crippen molar-refractivity contribution in [3.05, 3.63) is 71.2 Å². The topological polar surface area (TPSA) is 121 Å². The first-order valence-corrected chi connectivity index (χ1v) is 15.9. The molecule has 0 spiro atoms. The molecule has 1 aliphatic heterocycles. The first kappa shape index (κ1) is 33.0. The van der Waals surface area contributed by atoms with E-state index in [4.69, 9.17) is 9.97 Å². The number of carbonyl (C=O) groups excluding carboxylic acids is 2. The van der Waals surface area contributed by atoms with Gasteiger partial charge in [-0.05, 0) is 68.5 Å². The highest BCUT2D eigenvalue weighted by molar-refractivity contribution is 7.97. The van der Waals surface area contributed by atoms with Crippen molar-refractivity contribution in [2.24, 2.45) is 5.92 Å². The van der Waals surface area contributed by atoms with Crippen molar-refractivity contribution in [3.8, 4) is 0 Å². The maximum absolute atomic E-state index is 13.6. The van der Waals surface area contributed by atoms with Crippen molar-refractivity contribution in [2.45, 2.75) is 89.9 Å². The zero-order chi connectivity index (χ0) is 32.1. The van der Waals surface area contributed by atoms with E-state index >= 15 is 0 Å². The van der Waals surface area contributed by atoms with Gasteiger partial charge in [-0.2, -0.15) is 0 Å². The van der Waals surface area contributed by atoms with Crippen molar-refractivity contribution in [3.63, 3.8) is 0 Å². The summed E-state index contributed by atoms with van der Waals surface area (Å²) in [6, 6.07) is 13.3. The van der Waals surface area contributed by atoms with Crippen LogP contribution >= 0.6 is 11.9 Å². The summed E-state index contributed by atoms with van der Waals surface area (Å²) in [5, 5.41) is 6.77. The molecule has 0 aromatic carbocycles. The Hall–Kier alpha value is -3.86. The summed E-state index contributed by atoms with van der Waals surface area (Å²) in [7, 11) is 1.33. The van der Waals surface area contributed by atoms with Crippen LogP contribution in [-0.2, 0) is 16.7 Å². The molecule has 1 fully saturated rings. The first-order chi connectivity index (χ1) is 20.8. The fourth-order valence-electron chi connectivity index (χ4n) is 5.47. The largest absolute Gasteiger partial charge is 0.453 e. The molecule has 0 aliphatic carbocycles. The highest BCUT2D eigenvalue weighted by Crippen LogP contribution is 2.38. The second kappa shape index (κ2) is 13.8. The van der Waals surface area contributed by atoms with Crippen molar-refractivity contribution in [2.75, 3.05) is 23.9 Å². The van der Waals surface area contributed by atoms with E-state index in [-0.39, 0.29) is 22.9 Å². The number of anilines is 2. The van der Waals surface area contributed by atoms with Crippen molar-refractivity contribution in [1.82, 2.24) is 25.0 Å². The van der Waals surface area contributed by atoms with E-state index in [1.807, 2.05) is 42.5 Å². The summed E-state index contributed by atoms with van der Waals surface area (Å²) in [6.07, 6.45) is 3.09. The molecule has 44 heavy (non-hydrogen) atoms. The first-order valence-electron chi connectivity index (χ1n) is 15.1. The molecular weight excluding hydrogens is 574 g/mol. The minimum absolute atomic E-state index is 0.0684. The Balaban J connectivity index is 1.46. The zero-order valence-corrected chi connectivity index (χ0v) is 27.8. The fourth-order valence-corrected chi connectivity index (χ4v) is 6.07. The van der Waals surface area contributed by atoms with Gasteiger partial charge in [0.05, 0.1) is 24.4 Å². The van der Waals surface area contributed by atoms with E-state index in [9.17, 15) is 9.59 Å². The predicted molar refractivity (Wildman–Crippen MR) is 176 cm³/mol. The normalized spacial score (nSPS) is 16.7. The number of alkyl carbamates (subject to hydrolysis) is 1. The molecule has 1 aliphatic rings. The molecule has 2 amide bonds. The standard InChI is InChI=1S/C33H45N7O3S/c1-9-24(25-15-13-22(18-34-25)19-35-31(42)43-8)36-27-11-10-12-28(38-27)44-39-30(41)23-14-16-26(32(3,4)5)37-29(23)40-20-21(2)17-33(40,6)7/h10-16,18,21,24H,9,17,19-20H2,1-8H3,(H,35,42)(H,36,38)(H,39,41). The van der Waals surface area contributed by atoms with Gasteiger partial charge >= 0.3 is 6.09 Å². The van der Waals surface area contributed by atoms with Crippen LogP contribution in [0, 0.1) is 5.92 Å². The van der Waals surface area contributed by atoms with Crippen LogP contribution in [0.15, 0.2) is 53.7 Å². The Morgan fingerprint density at radius 1 is 1.14 bits per heavy atom. The maximum Gasteiger partial charge on any atom is 0.407 e. The van der Waals surface area contributed by atoms with E-state index in [0.717, 1.165) is 42.2 Å². The van der Waals surface area contributed by atoms with Gasteiger partial charge in [0, 0.05) is 47.9 Å². The van der Waals surface area contributed by atoms with Crippen LogP contribution in [0.1, 0.15) is 94.7 Å². The molecule has 2 unspecified atom stereocenters. The molecule has 4 heterocycles. The maximum atomic E-state index is 13.6. The predicted octanol–water partition coefficient (Wildman–Crippen LogP) is 6.65. The number of ether oxygens (including phenoxy) is 1. The Morgan fingerprint density at radius 3 is 2.52 bits per heavy atom. The van der Waals surface area contributed by atoms with Crippen LogP contribution in [-0.4, -0.2) is 46.1 Å². The van der Waals surface area contributed by atoms with Crippen LogP contribution in [0.4, 0.5) is 16.4 Å². The van der Waals surface area contributed by atoms with E-state index in [0.29, 0.717) is 28.9 Å². The van der Waals surface area contributed by atoms with Gasteiger partial charge in [0.2, 0.25) is 0 Å². The fraction of sp³-hybridized carbons (Fsp3) is 0.485. The number of hydrogen-bond donors (Lipinski definition) is 3. The second-order valence-electron chi connectivity index (χ2n) is 13.0. The average molecular weight is 620 g/mol. The molecule has 10 nitrogen and oxygen atoms in total. The van der Waals surface area contributed by atoms with Crippen LogP contribution in [0.5, 0.6) is 0 Å². The van der Waals surface area contributed by atoms with Gasteiger partial charge in [0.25, 0.3) is 5.91 Å². The van der Waals surface area contributed by atoms with Gasteiger partial charge < -0.3 is 20.3 Å². The minimum Gasteiger partial charge on any atom is -0.453 e. The van der Waals surface area contributed by atoms with Crippen molar-refractivity contribution < 1.29 is 14.3 Å². The molecule has 4 rings (SSSR count). The molecule has 3 N–H and O–H groups in total. The summed E-state index contributed by atoms with van der Waals surface area (Å²) >= 11 is 1.18. The third-order valence-corrected chi connectivity index (χ3v) is 8.47. The third kappa shape index (κ3) is 8.19. The lowest BCUT2D eigenvalue weighted by molar-refractivity contribution is 0.0984. The number of methoxy groups -OCH3 is 1. The lowest BCUT2D eigenvalue weighted by Gasteiger charge is -2.34. The monoisotopic (exact) mass is 619 g/mol. The molecule has 2 atom stereocenters. The Morgan fingerprint density at radius 2 is 1.91 bits per heavy atom. The van der Waals surface area contributed by atoms with Crippen LogP contribution in [0.3, 0.4) is 0 Å². The summed E-state index contributed by atoms with van der Waals surface area (Å²) in [4.78, 5) is 41.6. The number of amides is 2. The number of hydrogen-bond acceptors (Lipinski definition) is 9. The van der Waals surface area contributed by atoms with Crippen molar-refractivity contribution in [1.29, 1.82) is 0 Å².